The second-order valence-electron chi connectivity index (χ2n) is 3.32. The van der Waals surface area contributed by atoms with Gasteiger partial charge in [-0.1, -0.05) is 0 Å². The number of pyridine rings is 1. The number of rotatable bonds is 4. The summed E-state index contributed by atoms with van der Waals surface area (Å²) in [5.74, 6) is -4.26. The molecule has 1 rings (SSSR count). The van der Waals surface area contributed by atoms with Crippen LogP contribution in [0.1, 0.15) is 29.4 Å². The molecule has 0 spiro atoms. The summed E-state index contributed by atoms with van der Waals surface area (Å²) in [6.45, 7) is 1.26. The van der Waals surface area contributed by atoms with Crippen LogP contribution in [0.2, 0.25) is 0 Å². The maximum Gasteiger partial charge on any atom is 0.574 e. The third-order valence-electron chi connectivity index (χ3n) is 1.92. The largest absolute Gasteiger partial charge is 0.574 e. The summed E-state index contributed by atoms with van der Waals surface area (Å²) >= 11 is 0. The highest BCUT2D eigenvalue weighted by Gasteiger charge is 2.35. The second-order valence-corrected chi connectivity index (χ2v) is 3.32. The lowest BCUT2D eigenvalue weighted by molar-refractivity contribution is -0.276. The number of alkyl halides is 5. The van der Waals surface area contributed by atoms with Crippen LogP contribution in [-0.2, 0) is 4.74 Å². The number of hydrogen-bond acceptors (Lipinski definition) is 5. The van der Waals surface area contributed by atoms with Crippen molar-refractivity contribution in [2.75, 3.05) is 6.61 Å². The molecular formula is C10H8F5NO4. The SMILES string of the molecule is CCOC(=O)c1cc(C(F)F)c(O)c(OC(F)(F)F)n1. The zero-order valence-corrected chi connectivity index (χ0v) is 9.87. The van der Waals surface area contributed by atoms with E-state index in [0.717, 1.165) is 0 Å². The van der Waals surface area contributed by atoms with E-state index in [0.29, 0.717) is 6.07 Å². The van der Waals surface area contributed by atoms with Gasteiger partial charge in [-0.3, -0.25) is 0 Å². The molecular weight excluding hydrogens is 293 g/mol. The number of ether oxygens (including phenoxy) is 2. The van der Waals surface area contributed by atoms with Crippen molar-refractivity contribution in [3.63, 3.8) is 0 Å². The van der Waals surface area contributed by atoms with E-state index in [-0.39, 0.29) is 6.61 Å². The standard InChI is InChI=1S/C10H8F5NO4/c1-2-19-9(18)5-3-4(7(11)12)6(17)8(16-5)20-10(13,14)15/h3,7,17H,2H2,1H3. The molecule has 20 heavy (non-hydrogen) atoms. The van der Waals surface area contributed by atoms with Crippen molar-refractivity contribution < 1.29 is 41.3 Å². The Morgan fingerprint density at radius 1 is 1.45 bits per heavy atom. The number of halogens is 5. The van der Waals surface area contributed by atoms with Gasteiger partial charge < -0.3 is 14.6 Å². The van der Waals surface area contributed by atoms with Crippen LogP contribution < -0.4 is 4.74 Å². The van der Waals surface area contributed by atoms with E-state index in [1.165, 1.54) is 6.92 Å². The predicted octanol–water partition coefficient (Wildman–Crippen LogP) is 2.80. The van der Waals surface area contributed by atoms with Crippen LogP contribution in [0.15, 0.2) is 6.07 Å². The number of carbonyl (C=O) groups excluding carboxylic acids is 1. The Labute approximate surface area is 108 Å². The Bertz CT molecular complexity index is 503. The van der Waals surface area contributed by atoms with Gasteiger partial charge >= 0.3 is 12.3 Å². The van der Waals surface area contributed by atoms with Crippen LogP contribution in [0.3, 0.4) is 0 Å². The predicted molar refractivity (Wildman–Crippen MR) is 53.5 cm³/mol. The molecule has 1 N–H and O–H groups in total. The molecule has 0 aliphatic rings. The Balaban J connectivity index is 3.31. The van der Waals surface area contributed by atoms with E-state index in [2.05, 4.69) is 14.5 Å². The third kappa shape index (κ3) is 3.93. The fraction of sp³-hybridized carbons (Fsp3) is 0.400. The van der Waals surface area contributed by atoms with Crippen LogP contribution in [0, 0.1) is 0 Å². The van der Waals surface area contributed by atoms with Gasteiger partial charge in [0.25, 0.3) is 12.3 Å². The van der Waals surface area contributed by atoms with Crippen molar-refractivity contribution in [1.29, 1.82) is 0 Å². The molecule has 10 heteroatoms. The summed E-state index contributed by atoms with van der Waals surface area (Å²) in [6, 6.07) is 0.432. The summed E-state index contributed by atoms with van der Waals surface area (Å²) < 4.78 is 69.1. The molecule has 0 aliphatic heterocycles. The van der Waals surface area contributed by atoms with Gasteiger partial charge in [0.1, 0.15) is 0 Å². The number of aromatic hydroxyl groups is 1. The molecule has 0 saturated heterocycles. The van der Waals surface area contributed by atoms with Crippen LogP contribution >= 0.6 is 0 Å². The van der Waals surface area contributed by atoms with Crippen molar-refractivity contribution in [3.05, 3.63) is 17.3 Å². The van der Waals surface area contributed by atoms with Gasteiger partial charge in [-0.15, -0.1) is 13.2 Å². The molecule has 0 saturated carbocycles. The zero-order valence-electron chi connectivity index (χ0n) is 9.87. The highest BCUT2D eigenvalue weighted by Crippen LogP contribution is 2.37. The topological polar surface area (TPSA) is 68.7 Å². The minimum absolute atomic E-state index is 0.138. The van der Waals surface area contributed by atoms with Crippen LogP contribution in [-0.4, -0.2) is 29.0 Å². The molecule has 0 aromatic carbocycles. The van der Waals surface area contributed by atoms with E-state index in [1.807, 2.05) is 0 Å². The lowest BCUT2D eigenvalue weighted by Crippen LogP contribution is -2.19. The first-order valence-electron chi connectivity index (χ1n) is 5.10. The van der Waals surface area contributed by atoms with Crippen molar-refractivity contribution in [2.24, 2.45) is 0 Å². The first-order valence-corrected chi connectivity index (χ1v) is 5.10. The molecule has 0 unspecified atom stereocenters. The fourth-order valence-corrected chi connectivity index (χ4v) is 1.19. The van der Waals surface area contributed by atoms with Crippen molar-refractivity contribution in [1.82, 2.24) is 4.98 Å². The summed E-state index contributed by atoms with van der Waals surface area (Å²) in [7, 11) is 0. The number of esters is 1. The molecule has 0 bridgehead atoms. The minimum Gasteiger partial charge on any atom is -0.503 e. The normalized spacial score (nSPS) is 11.6. The molecule has 1 heterocycles. The molecule has 0 radical (unpaired) electrons. The van der Waals surface area contributed by atoms with Crippen molar-refractivity contribution in [2.45, 2.75) is 19.7 Å². The first kappa shape index (κ1) is 15.9. The summed E-state index contributed by atoms with van der Waals surface area (Å²) in [6.07, 6.45) is -8.60. The van der Waals surface area contributed by atoms with Gasteiger partial charge in [-0.2, -0.15) is 0 Å². The molecule has 0 amide bonds. The van der Waals surface area contributed by atoms with Crippen LogP contribution in [0.5, 0.6) is 11.6 Å². The van der Waals surface area contributed by atoms with Gasteiger partial charge in [-0.25, -0.2) is 18.6 Å². The van der Waals surface area contributed by atoms with Gasteiger partial charge in [0.15, 0.2) is 11.4 Å². The Morgan fingerprint density at radius 2 is 2.05 bits per heavy atom. The molecule has 0 atom stereocenters. The highest BCUT2D eigenvalue weighted by atomic mass is 19.4. The van der Waals surface area contributed by atoms with Crippen molar-refractivity contribution in [3.8, 4) is 11.6 Å². The summed E-state index contributed by atoms with van der Waals surface area (Å²) in [5.41, 5.74) is -2.05. The quantitative estimate of drug-likeness (QED) is 0.684. The molecule has 0 aliphatic carbocycles. The van der Waals surface area contributed by atoms with E-state index in [9.17, 15) is 31.9 Å². The van der Waals surface area contributed by atoms with E-state index in [4.69, 9.17) is 0 Å². The summed E-state index contributed by atoms with van der Waals surface area (Å²) in [4.78, 5) is 14.3. The average molecular weight is 301 g/mol. The number of carbonyl (C=O) groups is 1. The lowest BCUT2D eigenvalue weighted by Gasteiger charge is -2.13. The fourth-order valence-electron chi connectivity index (χ4n) is 1.19. The number of hydrogen-bond donors (Lipinski definition) is 1. The van der Waals surface area contributed by atoms with Crippen LogP contribution in [0.25, 0.3) is 0 Å². The van der Waals surface area contributed by atoms with Gasteiger partial charge in [-0.05, 0) is 13.0 Å². The van der Waals surface area contributed by atoms with Gasteiger partial charge in [0.2, 0.25) is 0 Å². The highest BCUT2D eigenvalue weighted by molar-refractivity contribution is 5.88. The van der Waals surface area contributed by atoms with Gasteiger partial charge in [0, 0.05) is 0 Å². The average Bonchev–Trinajstić information content (AvgIpc) is 2.29. The molecule has 5 nitrogen and oxygen atoms in total. The molecule has 0 fully saturated rings. The lowest BCUT2D eigenvalue weighted by atomic mass is 10.2. The second kappa shape index (κ2) is 5.88. The monoisotopic (exact) mass is 301 g/mol. The Kier molecular flexibility index (Phi) is 4.69. The Hall–Kier alpha value is -2.13. The molecule has 112 valence electrons. The zero-order chi connectivity index (χ0) is 15.5. The minimum atomic E-state index is -5.27. The van der Waals surface area contributed by atoms with E-state index >= 15 is 0 Å². The first-order chi connectivity index (χ1) is 9.15. The third-order valence-corrected chi connectivity index (χ3v) is 1.92. The number of aromatic nitrogens is 1. The van der Waals surface area contributed by atoms with Crippen LogP contribution in [0.4, 0.5) is 22.0 Å². The summed E-state index contributed by atoms with van der Waals surface area (Å²) in [5, 5.41) is 9.24. The molecule has 1 aromatic rings. The number of nitrogens with zero attached hydrogens (tertiary/aromatic N) is 1. The maximum absolute atomic E-state index is 12.6. The van der Waals surface area contributed by atoms with E-state index < -0.39 is 41.6 Å². The smallest absolute Gasteiger partial charge is 0.503 e. The maximum atomic E-state index is 12.6. The Morgan fingerprint density at radius 3 is 2.50 bits per heavy atom. The van der Waals surface area contributed by atoms with E-state index in [1.54, 1.807) is 0 Å². The van der Waals surface area contributed by atoms with Gasteiger partial charge in [0.05, 0.1) is 12.2 Å². The van der Waals surface area contributed by atoms with Crippen molar-refractivity contribution >= 4 is 5.97 Å². The molecule has 1 aromatic heterocycles.